The van der Waals surface area contributed by atoms with Crippen LogP contribution in [-0.2, 0) is 10.9 Å². The smallest absolute Gasteiger partial charge is 0.429 e. The van der Waals surface area contributed by atoms with Gasteiger partial charge in [-0.1, -0.05) is 16.6 Å². The van der Waals surface area contributed by atoms with Gasteiger partial charge in [-0.3, -0.25) is 0 Å². The molecule has 1 aromatic carbocycles. The standard InChI is InChI=1S/C12H9F3N2O2S/c13-12(14,15)11-10(16-17-20-11)8-3-1-2-4-9(8)19-6-7-5-18-7/h1-4,7H,5-6H2. The van der Waals surface area contributed by atoms with Crippen LogP contribution in [0.15, 0.2) is 24.3 Å². The zero-order valence-electron chi connectivity index (χ0n) is 10.1. The molecular weight excluding hydrogens is 293 g/mol. The van der Waals surface area contributed by atoms with Crippen molar-refractivity contribution in [3.63, 3.8) is 0 Å². The molecule has 20 heavy (non-hydrogen) atoms. The van der Waals surface area contributed by atoms with Gasteiger partial charge in [0.1, 0.15) is 24.2 Å². The monoisotopic (exact) mass is 302 g/mol. The molecule has 0 N–H and O–H groups in total. The normalized spacial score (nSPS) is 18.1. The molecule has 106 valence electrons. The van der Waals surface area contributed by atoms with Crippen molar-refractivity contribution in [3.05, 3.63) is 29.1 Å². The van der Waals surface area contributed by atoms with E-state index < -0.39 is 11.1 Å². The van der Waals surface area contributed by atoms with Crippen LogP contribution in [0, 0.1) is 0 Å². The molecule has 1 aromatic heterocycles. The topological polar surface area (TPSA) is 47.5 Å². The number of benzene rings is 1. The average molecular weight is 302 g/mol. The summed E-state index contributed by atoms with van der Waals surface area (Å²) >= 11 is 0.330. The fourth-order valence-corrected chi connectivity index (χ4v) is 2.23. The van der Waals surface area contributed by atoms with Crippen molar-refractivity contribution in [1.29, 1.82) is 0 Å². The van der Waals surface area contributed by atoms with Gasteiger partial charge in [0.15, 0.2) is 4.88 Å². The summed E-state index contributed by atoms with van der Waals surface area (Å²) in [7, 11) is 0. The highest BCUT2D eigenvalue weighted by Gasteiger charge is 2.38. The number of rotatable bonds is 4. The molecule has 2 heterocycles. The van der Waals surface area contributed by atoms with E-state index >= 15 is 0 Å². The lowest BCUT2D eigenvalue weighted by molar-refractivity contribution is -0.134. The summed E-state index contributed by atoms with van der Waals surface area (Å²) < 4.78 is 52.6. The van der Waals surface area contributed by atoms with E-state index in [1.165, 1.54) is 6.07 Å². The quantitative estimate of drug-likeness (QED) is 0.815. The van der Waals surface area contributed by atoms with Crippen LogP contribution in [0.2, 0.25) is 0 Å². The van der Waals surface area contributed by atoms with Gasteiger partial charge in [-0.25, -0.2) is 0 Å². The summed E-state index contributed by atoms with van der Waals surface area (Å²) in [5, 5.41) is 3.59. The minimum Gasteiger partial charge on any atom is -0.490 e. The Morgan fingerprint density at radius 2 is 2.10 bits per heavy atom. The number of epoxide rings is 1. The van der Waals surface area contributed by atoms with Gasteiger partial charge >= 0.3 is 6.18 Å². The maximum atomic E-state index is 12.9. The second kappa shape index (κ2) is 5.02. The number of ether oxygens (including phenoxy) is 2. The molecule has 0 saturated carbocycles. The minimum atomic E-state index is -4.48. The highest BCUT2D eigenvalue weighted by molar-refractivity contribution is 7.06. The maximum absolute atomic E-state index is 12.9. The lowest BCUT2D eigenvalue weighted by atomic mass is 10.1. The van der Waals surface area contributed by atoms with E-state index in [2.05, 4.69) is 9.59 Å². The number of nitrogens with zero attached hydrogens (tertiary/aromatic N) is 2. The Labute approximate surface area is 116 Å². The van der Waals surface area contributed by atoms with Crippen LogP contribution < -0.4 is 4.74 Å². The van der Waals surface area contributed by atoms with Gasteiger partial charge in [0.2, 0.25) is 0 Å². The molecule has 2 aromatic rings. The van der Waals surface area contributed by atoms with Crippen LogP contribution in [-0.4, -0.2) is 28.9 Å². The van der Waals surface area contributed by atoms with Gasteiger partial charge in [-0.2, -0.15) is 13.2 Å². The fraction of sp³-hybridized carbons (Fsp3) is 0.333. The summed E-state index contributed by atoms with van der Waals surface area (Å²) in [5.74, 6) is 0.348. The molecule has 1 saturated heterocycles. The van der Waals surface area contributed by atoms with Gasteiger partial charge < -0.3 is 9.47 Å². The lowest BCUT2D eigenvalue weighted by Crippen LogP contribution is -2.07. The van der Waals surface area contributed by atoms with E-state index in [0.29, 0.717) is 30.5 Å². The van der Waals surface area contributed by atoms with Gasteiger partial charge in [0.05, 0.1) is 6.61 Å². The van der Waals surface area contributed by atoms with E-state index in [1.807, 2.05) is 0 Å². The van der Waals surface area contributed by atoms with E-state index in [-0.39, 0.29) is 17.4 Å². The zero-order valence-corrected chi connectivity index (χ0v) is 10.9. The molecule has 8 heteroatoms. The SMILES string of the molecule is FC(F)(F)c1snnc1-c1ccccc1OCC1CO1. The van der Waals surface area contributed by atoms with Gasteiger partial charge in [0.25, 0.3) is 0 Å². The Hall–Kier alpha value is -1.67. The molecule has 0 radical (unpaired) electrons. The van der Waals surface area contributed by atoms with E-state index in [9.17, 15) is 13.2 Å². The molecule has 4 nitrogen and oxygen atoms in total. The van der Waals surface area contributed by atoms with Crippen LogP contribution in [0.4, 0.5) is 13.2 Å². The highest BCUT2D eigenvalue weighted by atomic mass is 32.1. The van der Waals surface area contributed by atoms with Crippen LogP contribution in [0.5, 0.6) is 5.75 Å². The molecular formula is C12H9F3N2O2S. The molecule has 1 unspecified atom stereocenters. The van der Waals surface area contributed by atoms with Gasteiger partial charge in [0, 0.05) is 5.56 Å². The largest absolute Gasteiger partial charge is 0.490 e. The van der Waals surface area contributed by atoms with Crippen molar-refractivity contribution in [2.45, 2.75) is 12.3 Å². The molecule has 1 aliphatic rings. The predicted octanol–water partition coefficient (Wildman–Crippen LogP) is 3.00. The molecule has 1 atom stereocenters. The molecule has 0 amide bonds. The summed E-state index contributed by atoms with van der Waals surface area (Å²) in [6, 6.07) is 6.47. The molecule has 0 bridgehead atoms. The molecule has 0 spiro atoms. The first kappa shape index (κ1) is 13.3. The minimum absolute atomic E-state index is 0.0266. The van der Waals surface area contributed by atoms with Gasteiger partial charge in [-0.05, 0) is 23.7 Å². The highest BCUT2D eigenvalue weighted by Crippen LogP contribution is 2.41. The Balaban J connectivity index is 1.95. The number of para-hydroxylation sites is 1. The molecule has 3 rings (SSSR count). The van der Waals surface area contributed by atoms with E-state index in [1.54, 1.807) is 18.2 Å². The van der Waals surface area contributed by atoms with E-state index in [0.717, 1.165) is 0 Å². The Morgan fingerprint density at radius 3 is 2.80 bits per heavy atom. The Bertz CT molecular complexity index is 611. The predicted molar refractivity (Wildman–Crippen MR) is 65.6 cm³/mol. The van der Waals surface area contributed by atoms with Crippen LogP contribution in [0.3, 0.4) is 0 Å². The summed E-state index contributed by atoms with van der Waals surface area (Å²) in [5.41, 5.74) is 0.0871. The third-order valence-electron chi connectivity index (χ3n) is 2.71. The number of halogens is 3. The molecule has 0 aliphatic carbocycles. The first-order chi connectivity index (χ1) is 9.55. The Kier molecular flexibility index (Phi) is 3.35. The van der Waals surface area contributed by atoms with Crippen molar-refractivity contribution in [3.8, 4) is 17.0 Å². The number of hydrogen-bond acceptors (Lipinski definition) is 5. The third-order valence-corrected chi connectivity index (χ3v) is 3.49. The maximum Gasteiger partial charge on any atom is 0.429 e. The summed E-state index contributed by atoms with van der Waals surface area (Å²) in [6.45, 7) is 0.935. The fourth-order valence-electron chi connectivity index (χ4n) is 1.69. The van der Waals surface area contributed by atoms with Gasteiger partial charge in [-0.15, -0.1) is 5.10 Å². The average Bonchev–Trinajstić information content (AvgIpc) is 3.09. The number of hydrogen-bond donors (Lipinski definition) is 0. The number of aromatic nitrogens is 2. The number of alkyl halides is 3. The van der Waals surface area contributed by atoms with Crippen molar-refractivity contribution in [1.82, 2.24) is 9.59 Å². The third kappa shape index (κ3) is 2.75. The van der Waals surface area contributed by atoms with Crippen LogP contribution in [0.25, 0.3) is 11.3 Å². The van der Waals surface area contributed by atoms with E-state index in [4.69, 9.17) is 9.47 Å². The summed E-state index contributed by atoms with van der Waals surface area (Å²) in [4.78, 5) is -0.823. The lowest BCUT2D eigenvalue weighted by Gasteiger charge is -2.10. The first-order valence-electron chi connectivity index (χ1n) is 5.79. The molecule has 1 fully saturated rings. The van der Waals surface area contributed by atoms with Crippen molar-refractivity contribution in [2.24, 2.45) is 0 Å². The Morgan fingerprint density at radius 1 is 1.35 bits per heavy atom. The van der Waals surface area contributed by atoms with Crippen molar-refractivity contribution < 1.29 is 22.6 Å². The van der Waals surface area contributed by atoms with Crippen molar-refractivity contribution in [2.75, 3.05) is 13.2 Å². The first-order valence-corrected chi connectivity index (χ1v) is 6.56. The van der Waals surface area contributed by atoms with Crippen LogP contribution >= 0.6 is 11.5 Å². The van der Waals surface area contributed by atoms with Crippen LogP contribution in [0.1, 0.15) is 4.88 Å². The molecule has 1 aliphatic heterocycles. The zero-order chi connectivity index (χ0) is 14.2. The van der Waals surface area contributed by atoms with Crippen molar-refractivity contribution >= 4 is 11.5 Å². The summed E-state index contributed by atoms with van der Waals surface area (Å²) in [6.07, 6.45) is -4.45. The second-order valence-electron chi connectivity index (χ2n) is 4.21. The second-order valence-corrected chi connectivity index (χ2v) is 4.97.